The number of aliphatic hydroxyl groups is 8. The van der Waals surface area contributed by atoms with E-state index in [0.29, 0.717) is 12.8 Å². The quantitative estimate of drug-likeness (QED) is 0.0553. The molecule has 4 rings (SSSR count). The van der Waals surface area contributed by atoms with Crippen LogP contribution in [0.25, 0.3) is 0 Å². The van der Waals surface area contributed by atoms with Crippen LogP contribution in [0.1, 0.15) is 116 Å². The molecule has 408 valence electrons. The van der Waals surface area contributed by atoms with Crippen molar-refractivity contribution >= 4 is 41.4 Å². The van der Waals surface area contributed by atoms with Gasteiger partial charge in [0.05, 0.1) is 24.4 Å². The molecule has 3 heterocycles. The number of benzene rings is 1. The van der Waals surface area contributed by atoms with Gasteiger partial charge in [-0.3, -0.25) is 33.6 Å². The third-order valence-corrected chi connectivity index (χ3v) is 13.3. The van der Waals surface area contributed by atoms with Gasteiger partial charge in [-0.15, -0.1) is 0 Å². The summed E-state index contributed by atoms with van der Waals surface area (Å²) in [5.74, 6) is -8.98. The van der Waals surface area contributed by atoms with Crippen molar-refractivity contribution in [3.63, 3.8) is 0 Å². The number of carbonyl (C=O) groups excluding carboxylic acids is 7. The lowest BCUT2D eigenvalue weighted by atomic mass is 9.96. The molecule has 1 aromatic carbocycles. The first-order valence-electron chi connectivity index (χ1n) is 25.2. The maximum Gasteiger partial charge on any atom is 0.248 e. The zero-order valence-electron chi connectivity index (χ0n) is 42.0. The summed E-state index contributed by atoms with van der Waals surface area (Å²) in [5, 5.41) is 110. The molecule has 0 radical (unpaired) electrons. The third kappa shape index (κ3) is 17.0. The van der Waals surface area contributed by atoms with Gasteiger partial charge in [0.25, 0.3) is 0 Å². The minimum atomic E-state index is -2.27. The van der Waals surface area contributed by atoms with Crippen molar-refractivity contribution < 1.29 is 79.5 Å². The highest BCUT2D eigenvalue weighted by molar-refractivity contribution is 5.98. The summed E-state index contributed by atoms with van der Waals surface area (Å²) in [6.07, 6.45) is -0.169. The van der Waals surface area contributed by atoms with Gasteiger partial charge in [-0.1, -0.05) is 76.0 Å². The summed E-state index contributed by atoms with van der Waals surface area (Å²) < 4.78 is 0. The van der Waals surface area contributed by atoms with Crippen LogP contribution in [-0.4, -0.2) is 189 Å². The Kier molecular flexibility index (Phi) is 23.7. The molecule has 73 heavy (non-hydrogen) atoms. The van der Waals surface area contributed by atoms with Crippen LogP contribution >= 0.6 is 0 Å². The minimum Gasteiger partial charge on any atom is -0.508 e. The van der Waals surface area contributed by atoms with E-state index in [1.807, 2.05) is 0 Å². The van der Waals surface area contributed by atoms with Gasteiger partial charge in [-0.2, -0.15) is 0 Å². The van der Waals surface area contributed by atoms with Crippen molar-refractivity contribution in [2.45, 2.75) is 190 Å². The van der Waals surface area contributed by atoms with Crippen molar-refractivity contribution in [3.05, 3.63) is 54.1 Å². The van der Waals surface area contributed by atoms with Crippen molar-refractivity contribution in [1.29, 1.82) is 0 Å². The number of nitrogens with zero attached hydrogens (tertiary/aromatic N) is 2. The molecule has 14 N–H and O–H groups in total. The summed E-state index contributed by atoms with van der Waals surface area (Å²) in [5.41, 5.74) is -0.0618. The third-order valence-electron chi connectivity index (χ3n) is 13.3. The molecule has 3 saturated heterocycles. The smallest absolute Gasteiger partial charge is 0.248 e. The van der Waals surface area contributed by atoms with E-state index in [2.05, 4.69) is 57.8 Å². The first-order valence-corrected chi connectivity index (χ1v) is 25.2. The van der Waals surface area contributed by atoms with E-state index in [1.54, 1.807) is 0 Å². The second kappa shape index (κ2) is 28.8. The highest BCUT2D eigenvalue weighted by Gasteiger charge is 2.50. The van der Waals surface area contributed by atoms with E-state index in [4.69, 9.17) is 0 Å². The average molecular weight is 1030 g/mol. The van der Waals surface area contributed by atoms with E-state index in [9.17, 15) is 79.5 Å². The maximum atomic E-state index is 14.3. The van der Waals surface area contributed by atoms with Gasteiger partial charge in [0.2, 0.25) is 41.4 Å². The first-order chi connectivity index (χ1) is 34.6. The van der Waals surface area contributed by atoms with Crippen LogP contribution in [0.2, 0.25) is 0 Å². The number of carbonyl (C=O) groups is 7. The Morgan fingerprint density at radius 1 is 0.699 bits per heavy atom. The SMILES string of the molecule is CCC/C=C\C/C=C\CCCCCCCC(=O)N[C@H]1C[C@@H](O)[C@@H](O)NC(=O)[C@@H]2[C@@H](O)[C@@H](C)CN2C(=O)[C@H]([C@@H](C)O)NC(=O)[C@H]([C@@H](O)[C@H](O)c2ccc(O)cc2)NC(=O)[C@@H]2C[C@@H](O)CN2C(=O)[C@H]([C@@H](C)O)NC1=O. The second-order valence-corrected chi connectivity index (χ2v) is 19.4. The van der Waals surface area contributed by atoms with Crippen LogP contribution in [0.3, 0.4) is 0 Å². The molecule has 7 amide bonds. The zero-order valence-corrected chi connectivity index (χ0v) is 42.0. The number of phenolic OH excluding ortho intramolecular Hbond substituents is 1. The fraction of sp³-hybridized carbons (Fsp3) is 0.660. The van der Waals surface area contributed by atoms with Crippen LogP contribution in [-0.2, 0) is 33.6 Å². The molecule has 1 aromatic rings. The van der Waals surface area contributed by atoms with E-state index in [0.717, 1.165) is 80.7 Å². The van der Waals surface area contributed by atoms with E-state index in [1.165, 1.54) is 19.1 Å². The standard InChI is InChI=1S/C50H77N7O16/c1-5-6-7-8-9-10-11-12-13-14-15-16-17-18-36(63)51-33-24-35(62)46(69)55-48(71)40-41(64)27(2)25-57(40)50(73)38(29(4)59)53-47(70)39(43(66)42(65)30-19-21-31(60)22-20-30)54-45(68)34-23-32(61)26-56(34)49(72)37(28(3)58)52-44(33)67/h7-8,10-11,19-22,27-29,32-35,37-43,46,58-62,64-66,69H,5-6,9,12-18,23-26H2,1-4H3,(H,51,63)(H,52,67)(H,53,70)(H,54,68)(H,55,71)/b8-7-,11-10-/t27-,28+,29+,32+,33-,34-,35+,37-,38-,39-,40-,41-,42+,43+,46+/m0/s1. The Bertz CT molecular complexity index is 2070. The van der Waals surface area contributed by atoms with Crippen LogP contribution in [0.4, 0.5) is 0 Å². The minimum absolute atomic E-state index is 0.0618. The highest BCUT2D eigenvalue weighted by atomic mass is 16.3. The van der Waals surface area contributed by atoms with Gasteiger partial charge in [0, 0.05) is 38.3 Å². The largest absolute Gasteiger partial charge is 0.508 e. The van der Waals surface area contributed by atoms with Gasteiger partial charge >= 0.3 is 0 Å². The summed E-state index contributed by atoms with van der Waals surface area (Å²) >= 11 is 0. The number of aromatic hydroxyl groups is 1. The summed E-state index contributed by atoms with van der Waals surface area (Å²) in [4.78, 5) is 100. The fourth-order valence-corrected chi connectivity index (χ4v) is 9.04. The molecule has 0 unspecified atom stereocenters. The number of aliphatic hydroxyl groups excluding tert-OH is 8. The Morgan fingerprint density at radius 3 is 1.90 bits per heavy atom. The number of phenols is 1. The lowest BCUT2D eigenvalue weighted by Gasteiger charge is -2.34. The van der Waals surface area contributed by atoms with Crippen LogP contribution in [0, 0.1) is 5.92 Å². The number of rotatable bonds is 18. The lowest BCUT2D eigenvalue weighted by Crippen LogP contribution is -2.64. The average Bonchev–Trinajstić information content (AvgIpc) is 3.89. The molecule has 0 aromatic heterocycles. The molecule has 15 atom stereocenters. The molecule has 0 saturated carbocycles. The number of fused-ring (bicyclic) bond motifs is 2. The molecule has 0 bridgehead atoms. The Hall–Kier alpha value is -5.53. The monoisotopic (exact) mass is 1030 g/mol. The maximum absolute atomic E-state index is 14.3. The van der Waals surface area contributed by atoms with Crippen molar-refractivity contribution in [1.82, 2.24) is 36.4 Å². The van der Waals surface area contributed by atoms with Gasteiger partial charge < -0.3 is 82.3 Å². The van der Waals surface area contributed by atoms with Crippen molar-refractivity contribution in [2.75, 3.05) is 13.1 Å². The molecule has 0 spiro atoms. The topological polar surface area (TPSA) is 368 Å². The normalized spacial score (nSPS) is 29.9. The number of hydrogen-bond acceptors (Lipinski definition) is 16. The first kappa shape index (κ1) is 60.0. The second-order valence-electron chi connectivity index (χ2n) is 19.4. The molecular weight excluding hydrogens is 955 g/mol. The van der Waals surface area contributed by atoms with Crippen LogP contribution in [0.5, 0.6) is 5.75 Å². The Morgan fingerprint density at radius 2 is 1.27 bits per heavy atom. The van der Waals surface area contributed by atoms with Crippen LogP contribution < -0.4 is 26.6 Å². The number of unbranched alkanes of at least 4 members (excludes halogenated alkanes) is 6. The number of allylic oxidation sites excluding steroid dienone is 4. The van der Waals surface area contributed by atoms with Crippen molar-refractivity contribution in [2.24, 2.45) is 5.92 Å². The summed E-state index contributed by atoms with van der Waals surface area (Å²) in [7, 11) is 0. The lowest BCUT2D eigenvalue weighted by molar-refractivity contribution is -0.148. The molecule has 0 aliphatic carbocycles. The van der Waals surface area contributed by atoms with Gasteiger partial charge in [-0.05, 0) is 63.6 Å². The van der Waals surface area contributed by atoms with Crippen LogP contribution in [0.15, 0.2) is 48.6 Å². The van der Waals surface area contributed by atoms with E-state index >= 15 is 0 Å². The zero-order chi connectivity index (χ0) is 54.1. The summed E-state index contributed by atoms with van der Waals surface area (Å²) in [6.45, 7) is 4.91. The van der Waals surface area contributed by atoms with Gasteiger partial charge in [-0.25, -0.2) is 0 Å². The van der Waals surface area contributed by atoms with E-state index in [-0.39, 0.29) is 24.3 Å². The van der Waals surface area contributed by atoms with Gasteiger partial charge in [0.15, 0.2) is 6.23 Å². The number of nitrogens with one attached hydrogen (secondary N) is 5. The molecular formula is C50H77N7O16. The van der Waals surface area contributed by atoms with E-state index < -0.39 is 152 Å². The molecule has 23 heteroatoms. The molecule has 3 aliphatic rings. The molecule has 23 nitrogen and oxygen atoms in total. The predicted molar refractivity (Wildman–Crippen MR) is 262 cm³/mol. The van der Waals surface area contributed by atoms with Gasteiger partial charge in [0.1, 0.15) is 60.3 Å². The predicted octanol–water partition coefficient (Wildman–Crippen LogP) is -2.11. The summed E-state index contributed by atoms with van der Waals surface area (Å²) in [6, 6.07) is -6.61. The molecule has 3 fully saturated rings. The Labute approximate surface area is 425 Å². The van der Waals surface area contributed by atoms with Crippen molar-refractivity contribution in [3.8, 4) is 5.75 Å². The Balaban J connectivity index is 1.66. The highest BCUT2D eigenvalue weighted by Crippen LogP contribution is 2.28. The molecule has 3 aliphatic heterocycles. The number of amides is 7. The fourth-order valence-electron chi connectivity index (χ4n) is 9.04. The number of hydrogen-bond donors (Lipinski definition) is 14.